The Labute approximate surface area is 180 Å². The van der Waals surface area contributed by atoms with Crippen LogP contribution < -0.4 is 4.90 Å². The third kappa shape index (κ3) is 3.80. The molecule has 0 aromatic carbocycles. The molecule has 9 nitrogen and oxygen atoms in total. The van der Waals surface area contributed by atoms with Crippen molar-refractivity contribution in [2.75, 3.05) is 31.1 Å². The lowest BCUT2D eigenvalue weighted by Gasteiger charge is -2.35. The highest BCUT2D eigenvalue weighted by Crippen LogP contribution is 2.34. The van der Waals surface area contributed by atoms with Gasteiger partial charge in [0.1, 0.15) is 17.1 Å². The monoisotopic (exact) mass is 422 g/mol. The lowest BCUT2D eigenvalue weighted by atomic mass is 10.1. The zero-order chi connectivity index (χ0) is 21.4. The number of carbonyl (C=O) groups excluding carboxylic acids is 1. The van der Waals surface area contributed by atoms with E-state index in [2.05, 4.69) is 25.2 Å². The number of anilines is 1. The summed E-state index contributed by atoms with van der Waals surface area (Å²) < 4.78 is 10.6. The molecule has 4 heterocycles. The van der Waals surface area contributed by atoms with Crippen LogP contribution in [0, 0.1) is 13.8 Å². The van der Waals surface area contributed by atoms with Crippen molar-refractivity contribution in [1.82, 2.24) is 25.2 Å². The highest BCUT2D eigenvalue weighted by Gasteiger charge is 2.27. The van der Waals surface area contributed by atoms with Gasteiger partial charge in [0.25, 0.3) is 5.91 Å². The minimum Gasteiger partial charge on any atom is -0.361 e. The molecule has 1 saturated carbocycles. The third-order valence-corrected chi connectivity index (χ3v) is 6.29. The first kappa shape index (κ1) is 19.7. The van der Waals surface area contributed by atoms with E-state index in [1.54, 1.807) is 20.0 Å². The second kappa shape index (κ2) is 8.13. The minimum absolute atomic E-state index is 0.0191. The molecule has 3 aromatic rings. The summed E-state index contributed by atoms with van der Waals surface area (Å²) in [6.45, 7) is 6.26. The van der Waals surface area contributed by atoms with E-state index in [4.69, 9.17) is 9.05 Å². The van der Waals surface area contributed by atoms with Crippen LogP contribution in [-0.4, -0.2) is 57.3 Å². The second-order valence-corrected chi connectivity index (χ2v) is 8.32. The number of hydrogen-bond acceptors (Lipinski definition) is 8. The van der Waals surface area contributed by atoms with E-state index < -0.39 is 0 Å². The predicted molar refractivity (Wildman–Crippen MR) is 113 cm³/mol. The summed E-state index contributed by atoms with van der Waals surface area (Å²) in [6.07, 6.45) is 6.51. The maximum atomic E-state index is 12.8. The van der Waals surface area contributed by atoms with Crippen molar-refractivity contribution in [2.24, 2.45) is 0 Å². The second-order valence-electron chi connectivity index (χ2n) is 8.32. The first-order chi connectivity index (χ1) is 15.1. The number of hydrogen-bond donors (Lipinski definition) is 0. The molecular formula is C22H26N6O3. The lowest BCUT2D eigenvalue weighted by Crippen LogP contribution is -2.49. The number of carbonyl (C=O) groups is 1. The molecule has 1 amide bonds. The van der Waals surface area contributed by atoms with Crippen LogP contribution in [0.3, 0.4) is 0 Å². The molecule has 31 heavy (non-hydrogen) atoms. The van der Waals surface area contributed by atoms with Gasteiger partial charge < -0.3 is 18.8 Å². The molecule has 162 valence electrons. The normalized spacial score (nSPS) is 17.5. The van der Waals surface area contributed by atoms with Crippen molar-refractivity contribution < 1.29 is 13.8 Å². The number of rotatable bonds is 4. The zero-order valence-electron chi connectivity index (χ0n) is 17.9. The summed E-state index contributed by atoms with van der Waals surface area (Å²) in [5, 5.41) is 8.04. The van der Waals surface area contributed by atoms with Gasteiger partial charge in [-0.05, 0) is 38.8 Å². The van der Waals surface area contributed by atoms with Crippen LogP contribution in [0.25, 0.3) is 11.4 Å². The van der Waals surface area contributed by atoms with Gasteiger partial charge in [-0.1, -0.05) is 23.2 Å². The molecule has 1 aliphatic heterocycles. The number of aromatic nitrogens is 4. The molecule has 5 rings (SSSR count). The Bertz CT molecular complexity index is 1040. The Morgan fingerprint density at radius 3 is 2.45 bits per heavy atom. The van der Waals surface area contributed by atoms with Crippen LogP contribution in [-0.2, 0) is 0 Å². The van der Waals surface area contributed by atoms with Crippen molar-refractivity contribution in [3.63, 3.8) is 0 Å². The van der Waals surface area contributed by atoms with E-state index in [0.717, 1.165) is 43.2 Å². The fourth-order valence-electron chi connectivity index (χ4n) is 4.48. The van der Waals surface area contributed by atoms with Crippen LogP contribution in [0.2, 0.25) is 0 Å². The van der Waals surface area contributed by atoms with Gasteiger partial charge in [0.15, 0.2) is 0 Å². The SMILES string of the molecule is Cc1noc(C)c1C(=O)N1CCN(c2ccc(-c3noc(C4CCCC4)n3)cn2)CC1. The van der Waals surface area contributed by atoms with Crippen LogP contribution in [0.4, 0.5) is 5.82 Å². The van der Waals surface area contributed by atoms with Gasteiger partial charge in [-0.15, -0.1) is 0 Å². The largest absolute Gasteiger partial charge is 0.361 e. The summed E-state index contributed by atoms with van der Waals surface area (Å²) in [5.41, 5.74) is 2.07. The average Bonchev–Trinajstić information content (AvgIpc) is 3.55. The van der Waals surface area contributed by atoms with E-state index >= 15 is 0 Å². The van der Waals surface area contributed by atoms with Gasteiger partial charge in [0.05, 0.1) is 5.69 Å². The smallest absolute Gasteiger partial charge is 0.259 e. The van der Waals surface area contributed by atoms with Gasteiger partial charge >= 0.3 is 0 Å². The molecule has 2 aliphatic rings. The Kier molecular flexibility index (Phi) is 5.17. The summed E-state index contributed by atoms with van der Waals surface area (Å²) in [4.78, 5) is 26.0. The van der Waals surface area contributed by atoms with Crippen molar-refractivity contribution in [2.45, 2.75) is 45.4 Å². The van der Waals surface area contributed by atoms with Crippen molar-refractivity contribution in [3.05, 3.63) is 41.2 Å². The van der Waals surface area contributed by atoms with Gasteiger partial charge in [-0.25, -0.2) is 4.98 Å². The van der Waals surface area contributed by atoms with E-state index in [0.29, 0.717) is 41.8 Å². The van der Waals surface area contributed by atoms with Crippen molar-refractivity contribution in [1.29, 1.82) is 0 Å². The van der Waals surface area contributed by atoms with Gasteiger partial charge in [-0.3, -0.25) is 4.79 Å². The number of piperazine rings is 1. The molecule has 0 radical (unpaired) electrons. The van der Waals surface area contributed by atoms with Gasteiger partial charge in [0, 0.05) is 43.9 Å². The molecular weight excluding hydrogens is 396 g/mol. The van der Waals surface area contributed by atoms with Crippen LogP contribution >= 0.6 is 0 Å². The molecule has 1 aliphatic carbocycles. The highest BCUT2D eigenvalue weighted by molar-refractivity contribution is 5.96. The molecule has 3 aromatic heterocycles. The molecule has 0 atom stereocenters. The molecule has 0 bridgehead atoms. The lowest BCUT2D eigenvalue weighted by molar-refractivity contribution is 0.0744. The first-order valence-corrected chi connectivity index (χ1v) is 10.9. The van der Waals surface area contributed by atoms with Crippen LogP contribution in [0.5, 0.6) is 0 Å². The molecule has 0 spiro atoms. The number of pyridine rings is 1. The minimum atomic E-state index is -0.0191. The Morgan fingerprint density at radius 2 is 1.81 bits per heavy atom. The highest BCUT2D eigenvalue weighted by atomic mass is 16.5. The molecule has 0 unspecified atom stereocenters. The fraction of sp³-hybridized carbons (Fsp3) is 0.500. The molecule has 0 N–H and O–H groups in total. The fourth-order valence-corrected chi connectivity index (χ4v) is 4.48. The quantitative estimate of drug-likeness (QED) is 0.631. The van der Waals surface area contributed by atoms with Crippen LogP contribution in [0.1, 0.15) is 59.3 Å². The van der Waals surface area contributed by atoms with Crippen LogP contribution in [0.15, 0.2) is 27.4 Å². The number of amides is 1. The number of aryl methyl sites for hydroxylation is 2. The van der Waals surface area contributed by atoms with E-state index in [1.807, 2.05) is 17.0 Å². The van der Waals surface area contributed by atoms with E-state index in [1.165, 1.54) is 12.8 Å². The Hall–Kier alpha value is -3.23. The first-order valence-electron chi connectivity index (χ1n) is 10.9. The van der Waals surface area contributed by atoms with Crippen molar-refractivity contribution >= 4 is 11.7 Å². The van der Waals surface area contributed by atoms with Gasteiger partial charge in [-0.2, -0.15) is 4.98 Å². The Balaban J connectivity index is 1.22. The average molecular weight is 422 g/mol. The van der Waals surface area contributed by atoms with E-state index in [9.17, 15) is 4.79 Å². The maximum Gasteiger partial charge on any atom is 0.259 e. The summed E-state index contributed by atoms with van der Waals surface area (Å²) in [6, 6.07) is 3.96. The van der Waals surface area contributed by atoms with E-state index in [-0.39, 0.29) is 5.91 Å². The number of nitrogens with zero attached hydrogens (tertiary/aromatic N) is 6. The van der Waals surface area contributed by atoms with Gasteiger partial charge in [0.2, 0.25) is 11.7 Å². The predicted octanol–water partition coefficient (Wildman–Crippen LogP) is 3.36. The zero-order valence-corrected chi connectivity index (χ0v) is 17.9. The third-order valence-electron chi connectivity index (χ3n) is 6.29. The molecule has 2 fully saturated rings. The Morgan fingerprint density at radius 1 is 1.03 bits per heavy atom. The standard InChI is InChI=1S/C22H26N6O3/c1-14-19(15(2)30-25-14)22(29)28-11-9-27(10-12-28)18-8-7-17(13-23-18)20-24-21(31-26-20)16-5-3-4-6-16/h7-8,13,16H,3-6,9-12H2,1-2H3. The maximum absolute atomic E-state index is 12.8. The summed E-state index contributed by atoms with van der Waals surface area (Å²) in [5.74, 6) is 3.17. The topological polar surface area (TPSA) is 101 Å². The molecule has 1 saturated heterocycles. The summed E-state index contributed by atoms with van der Waals surface area (Å²) >= 11 is 0. The van der Waals surface area contributed by atoms with Crippen molar-refractivity contribution in [3.8, 4) is 11.4 Å². The molecule has 9 heteroatoms. The summed E-state index contributed by atoms with van der Waals surface area (Å²) in [7, 11) is 0.